The number of amides is 1. The Balaban J connectivity index is 1.45. The Bertz CT molecular complexity index is 914. The lowest BCUT2D eigenvalue weighted by atomic mass is 10.1. The van der Waals surface area contributed by atoms with Gasteiger partial charge in [-0.15, -0.1) is 0 Å². The molecule has 4 heterocycles. The van der Waals surface area contributed by atoms with Gasteiger partial charge in [0, 0.05) is 43.9 Å². The maximum Gasteiger partial charge on any atom is 0.276 e. The molecular weight excluding hydrogens is 320 g/mol. The predicted molar refractivity (Wildman–Crippen MR) is 90.2 cm³/mol. The molecule has 8 heteroatoms. The number of anilines is 1. The Morgan fingerprint density at radius 3 is 2.92 bits per heavy atom. The van der Waals surface area contributed by atoms with E-state index in [0.717, 1.165) is 49.3 Å². The smallest absolute Gasteiger partial charge is 0.276 e. The van der Waals surface area contributed by atoms with Gasteiger partial charge in [0.2, 0.25) is 0 Å². The number of carbonyl (C=O) groups excluding carboxylic acids is 1. The Morgan fingerprint density at radius 2 is 2.12 bits per heavy atom. The molecule has 0 unspecified atom stereocenters. The van der Waals surface area contributed by atoms with Crippen LogP contribution in [0.15, 0.2) is 35.4 Å². The number of aromatic nitrogens is 4. The van der Waals surface area contributed by atoms with Gasteiger partial charge in [-0.2, -0.15) is 0 Å². The zero-order valence-electron chi connectivity index (χ0n) is 13.7. The Hall–Kier alpha value is -2.90. The van der Waals surface area contributed by atoms with Gasteiger partial charge in [-0.25, -0.2) is 9.97 Å². The van der Waals surface area contributed by atoms with Crippen LogP contribution in [0.4, 0.5) is 5.82 Å². The quantitative estimate of drug-likeness (QED) is 0.764. The summed E-state index contributed by atoms with van der Waals surface area (Å²) in [6.07, 6.45) is 7.18. The van der Waals surface area contributed by atoms with Gasteiger partial charge in [0.05, 0.1) is 5.39 Å². The summed E-state index contributed by atoms with van der Waals surface area (Å²) in [4.78, 5) is 28.8. The second-order valence-corrected chi connectivity index (χ2v) is 6.97. The summed E-state index contributed by atoms with van der Waals surface area (Å²) in [6, 6.07) is 3.63. The number of hydrogen-bond donors (Lipinski definition) is 1. The molecule has 1 saturated heterocycles. The SMILES string of the molecule is O=C(c1ccon1)N1CCN(c2ncnc3[nH]ccc23)CC2(CC2)C1. The van der Waals surface area contributed by atoms with E-state index in [1.807, 2.05) is 17.2 Å². The van der Waals surface area contributed by atoms with Gasteiger partial charge in [-0.1, -0.05) is 5.16 Å². The summed E-state index contributed by atoms with van der Waals surface area (Å²) in [5, 5.41) is 4.82. The lowest BCUT2D eigenvalue weighted by molar-refractivity contribution is 0.0730. The van der Waals surface area contributed by atoms with E-state index in [1.54, 1.807) is 12.4 Å². The third kappa shape index (κ3) is 2.45. The summed E-state index contributed by atoms with van der Waals surface area (Å²) in [6.45, 7) is 3.05. The van der Waals surface area contributed by atoms with E-state index in [9.17, 15) is 4.79 Å². The molecule has 0 aromatic carbocycles. The lowest BCUT2D eigenvalue weighted by Crippen LogP contribution is -2.36. The molecule has 1 N–H and O–H groups in total. The van der Waals surface area contributed by atoms with Crippen molar-refractivity contribution in [2.75, 3.05) is 31.1 Å². The minimum atomic E-state index is -0.0589. The van der Waals surface area contributed by atoms with E-state index >= 15 is 0 Å². The fraction of sp³-hybridized carbons (Fsp3) is 0.412. The highest BCUT2D eigenvalue weighted by atomic mass is 16.5. The maximum atomic E-state index is 12.7. The lowest BCUT2D eigenvalue weighted by Gasteiger charge is -2.25. The summed E-state index contributed by atoms with van der Waals surface area (Å²) in [5.74, 6) is 0.879. The number of nitrogens with zero attached hydrogens (tertiary/aromatic N) is 5. The monoisotopic (exact) mass is 338 g/mol. The Morgan fingerprint density at radius 1 is 1.20 bits per heavy atom. The van der Waals surface area contributed by atoms with Crippen LogP contribution in [0.2, 0.25) is 0 Å². The van der Waals surface area contributed by atoms with Crippen molar-refractivity contribution in [3.8, 4) is 0 Å². The number of rotatable bonds is 2. The van der Waals surface area contributed by atoms with Crippen LogP contribution < -0.4 is 4.90 Å². The van der Waals surface area contributed by atoms with Crippen molar-refractivity contribution in [3.05, 3.63) is 36.6 Å². The molecule has 3 aromatic rings. The molecule has 5 rings (SSSR count). The van der Waals surface area contributed by atoms with Crippen molar-refractivity contribution >= 4 is 22.8 Å². The molecule has 0 radical (unpaired) electrons. The molecule has 1 saturated carbocycles. The van der Waals surface area contributed by atoms with Crippen LogP contribution in [0.1, 0.15) is 23.3 Å². The average molecular weight is 338 g/mol. The molecule has 1 aliphatic carbocycles. The molecule has 0 atom stereocenters. The molecule has 128 valence electrons. The first-order valence-electron chi connectivity index (χ1n) is 8.47. The van der Waals surface area contributed by atoms with Crippen molar-refractivity contribution in [2.24, 2.45) is 5.41 Å². The first kappa shape index (κ1) is 14.4. The van der Waals surface area contributed by atoms with E-state index < -0.39 is 0 Å². The first-order chi connectivity index (χ1) is 12.2. The van der Waals surface area contributed by atoms with Crippen LogP contribution in [0.25, 0.3) is 11.0 Å². The van der Waals surface area contributed by atoms with Gasteiger partial charge in [0.25, 0.3) is 5.91 Å². The van der Waals surface area contributed by atoms with Gasteiger partial charge in [0.1, 0.15) is 24.1 Å². The van der Waals surface area contributed by atoms with Gasteiger partial charge in [-0.3, -0.25) is 4.79 Å². The highest BCUT2D eigenvalue weighted by Gasteiger charge is 2.48. The van der Waals surface area contributed by atoms with Crippen molar-refractivity contribution < 1.29 is 9.32 Å². The molecule has 2 aliphatic rings. The van der Waals surface area contributed by atoms with Gasteiger partial charge < -0.3 is 19.3 Å². The average Bonchev–Trinajstić information content (AvgIpc) is 3.03. The summed E-state index contributed by atoms with van der Waals surface area (Å²) >= 11 is 0. The van der Waals surface area contributed by atoms with Crippen LogP contribution in [-0.2, 0) is 0 Å². The van der Waals surface area contributed by atoms with Gasteiger partial charge >= 0.3 is 0 Å². The second kappa shape index (κ2) is 5.30. The van der Waals surface area contributed by atoms with Crippen LogP contribution in [0, 0.1) is 5.41 Å². The molecule has 2 fully saturated rings. The van der Waals surface area contributed by atoms with Gasteiger partial charge in [0.15, 0.2) is 5.69 Å². The zero-order chi connectivity index (χ0) is 16.9. The van der Waals surface area contributed by atoms with E-state index in [4.69, 9.17) is 4.52 Å². The second-order valence-electron chi connectivity index (χ2n) is 6.97. The van der Waals surface area contributed by atoms with E-state index in [0.29, 0.717) is 12.2 Å². The van der Waals surface area contributed by atoms with Crippen LogP contribution in [0.5, 0.6) is 0 Å². The molecule has 8 nitrogen and oxygen atoms in total. The number of aromatic amines is 1. The molecule has 1 spiro atoms. The number of H-pyrrole nitrogens is 1. The molecule has 3 aromatic heterocycles. The number of hydrogen-bond acceptors (Lipinski definition) is 6. The molecule has 25 heavy (non-hydrogen) atoms. The normalized spacial score (nSPS) is 19.4. The fourth-order valence-electron chi connectivity index (χ4n) is 3.70. The molecule has 1 aliphatic heterocycles. The number of nitrogens with one attached hydrogen (secondary N) is 1. The standard InChI is InChI=1S/C17H18N6O2/c24-16(13-2-8-25-21-13)23-7-6-22(9-17(10-23)3-4-17)15-12-1-5-18-14(12)19-11-20-15/h1-2,5,8,11H,3-4,6-7,9-10H2,(H,18,19,20). The Labute approximate surface area is 143 Å². The zero-order valence-corrected chi connectivity index (χ0v) is 13.7. The highest BCUT2D eigenvalue weighted by Crippen LogP contribution is 2.48. The molecule has 0 bridgehead atoms. The summed E-state index contributed by atoms with van der Waals surface area (Å²) in [7, 11) is 0. The van der Waals surface area contributed by atoms with E-state index in [-0.39, 0.29) is 11.3 Å². The predicted octanol–water partition coefficient (Wildman–Crippen LogP) is 1.69. The summed E-state index contributed by atoms with van der Waals surface area (Å²) in [5.41, 5.74) is 1.37. The highest BCUT2D eigenvalue weighted by molar-refractivity contribution is 5.92. The number of carbonyl (C=O) groups is 1. The van der Waals surface area contributed by atoms with Crippen molar-refractivity contribution in [2.45, 2.75) is 12.8 Å². The third-order valence-corrected chi connectivity index (χ3v) is 5.23. The van der Waals surface area contributed by atoms with E-state index in [2.05, 4.69) is 25.0 Å². The summed E-state index contributed by atoms with van der Waals surface area (Å²) < 4.78 is 4.83. The van der Waals surface area contributed by atoms with Crippen LogP contribution in [0.3, 0.4) is 0 Å². The fourth-order valence-corrected chi connectivity index (χ4v) is 3.70. The Kier molecular flexibility index (Phi) is 3.06. The van der Waals surface area contributed by atoms with Crippen LogP contribution >= 0.6 is 0 Å². The molecular formula is C17H18N6O2. The minimum absolute atomic E-state index is 0.0589. The van der Waals surface area contributed by atoms with Crippen molar-refractivity contribution in [1.82, 2.24) is 25.0 Å². The third-order valence-electron chi connectivity index (χ3n) is 5.23. The largest absolute Gasteiger partial charge is 0.364 e. The topological polar surface area (TPSA) is 91.2 Å². The van der Waals surface area contributed by atoms with Crippen molar-refractivity contribution in [1.29, 1.82) is 0 Å². The van der Waals surface area contributed by atoms with Crippen molar-refractivity contribution in [3.63, 3.8) is 0 Å². The van der Waals surface area contributed by atoms with E-state index in [1.165, 1.54) is 6.26 Å². The minimum Gasteiger partial charge on any atom is -0.364 e. The molecule has 1 amide bonds. The maximum absolute atomic E-state index is 12.7. The van der Waals surface area contributed by atoms with Crippen LogP contribution in [-0.4, -0.2) is 57.1 Å². The number of fused-ring (bicyclic) bond motifs is 1. The first-order valence-corrected chi connectivity index (χ1v) is 8.47. The van der Waals surface area contributed by atoms with Gasteiger partial charge in [-0.05, 0) is 18.9 Å².